The van der Waals surface area contributed by atoms with Crippen LogP contribution in [-0.4, -0.2) is 25.2 Å². The van der Waals surface area contributed by atoms with Gasteiger partial charge in [-0.3, -0.25) is 4.79 Å². The van der Waals surface area contributed by atoms with Gasteiger partial charge < -0.3 is 14.8 Å². The minimum atomic E-state index is -0.521. The highest BCUT2D eigenvalue weighted by atomic mass is 16.5. The molecule has 5 nitrogen and oxygen atoms in total. The molecular formula is C16H17NO4. The molecule has 1 aromatic carbocycles. The molecule has 1 aliphatic rings. The highest BCUT2D eigenvalue weighted by Crippen LogP contribution is 2.15. The normalized spacial score (nSPS) is 19.9. The van der Waals surface area contributed by atoms with Crippen LogP contribution in [0, 0.1) is 5.92 Å². The molecule has 0 heterocycles. The number of carbonyl (C=O) groups is 2. The lowest BCUT2D eigenvalue weighted by atomic mass is 9.96. The third-order valence-corrected chi connectivity index (χ3v) is 3.12. The quantitative estimate of drug-likeness (QED) is 0.681. The Morgan fingerprint density at radius 2 is 2.05 bits per heavy atom. The average Bonchev–Trinajstić information content (AvgIpc) is 2.53. The van der Waals surface area contributed by atoms with E-state index in [1.807, 2.05) is 30.3 Å². The van der Waals surface area contributed by atoms with Gasteiger partial charge in [0.1, 0.15) is 6.61 Å². The molecular weight excluding hydrogens is 270 g/mol. The molecule has 0 fully saturated rings. The minimum Gasteiger partial charge on any atom is -0.469 e. The number of ether oxygens (including phenoxy) is 2. The Morgan fingerprint density at radius 3 is 2.76 bits per heavy atom. The number of amides is 1. The van der Waals surface area contributed by atoms with Crippen molar-refractivity contribution in [3.05, 3.63) is 53.8 Å². The molecule has 1 aliphatic carbocycles. The van der Waals surface area contributed by atoms with Crippen LogP contribution < -0.4 is 5.32 Å². The summed E-state index contributed by atoms with van der Waals surface area (Å²) in [5, 5.41) is 2.69. The van der Waals surface area contributed by atoms with Gasteiger partial charge in [-0.1, -0.05) is 30.3 Å². The van der Waals surface area contributed by atoms with Crippen LogP contribution >= 0.6 is 0 Å². The Morgan fingerprint density at radius 1 is 1.29 bits per heavy atom. The van der Waals surface area contributed by atoms with Crippen LogP contribution in [0.3, 0.4) is 0 Å². The zero-order valence-electron chi connectivity index (χ0n) is 11.7. The molecule has 0 bridgehead atoms. The highest BCUT2D eigenvalue weighted by Gasteiger charge is 2.23. The Labute approximate surface area is 123 Å². The Balaban J connectivity index is 1.81. The molecule has 110 valence electrons. The number of hydrogen-bond acceptors (Lipinski definition) is 4. The SMILES string of the molecule is COC(=O)C1C=C=CC(NC(=O)OCc2ccccc2)C1. The molecule has 1 N–H and O–H groups in total. The van der Waals surface area contributed by atoms with Gasteiger partial charge in [0.15, 0.2) is 0 Å². The monoisotopic (exact) mass is 287 g/mol. The van der Waals surface area contributed by atoms with E-state index in [1.165, 1.54) is 7.11 Å². The summed E-state index contributed by atoms with van der Waals surface area (Å²) in [6.45, 7) is 0.208. The van der Waals surface area contributed by atoms with Crippen LogP contribution in [0.1, 0.15) is 12.0 Å². The summed E-state index contributed by atoms with van der Waals surface area (Å²) < 4.78 is 9.81. The molecule has 1 amide bonds. The zero-order chi connectivity index (χ0) is 15.1. The third kappa shape index (κ3) is 4.51. The van der Waals surface area contributed by atoms with Crippen molar-refractivity contribution in [2.75, 3.05) is 7.11 Å². The van der Waals surface area contributed by atoms with E-state index >= 15 is 0 Å². The summed E-state index contributed by atoms with van der Waals surface area (Å²) in [6, 6.07) is 9.13. The lowest BCUT2D eigenvalue weighted by molar-refractivity contribution is -0.144. The molecule has 2 rings (SSSR count). The van der Waals surface area contributed by atoms with Gasteiger partial charge in [0.2, 0.25) is 0 Å². The van der Waals surface area contributed by atoms with E-state index in [0.29, 0.717) is 6.42 Å². The summed E-state index contributed by atoms with van der Waals surface area (Å²) in [4.78, 5) is 23.2. The number of methoxy groups -OCH3 is 1. The van der Waals surface area contributed by atoms with Gasteiger partial charge in [0, 0.05) is 0 Å². The van der Waals surface area contributed by atoms with Crippen molar-refractivity contribution in [2.24, 2.45) is 5.92 Å². The van der Waals surface area contributed by atoms with E-state index in [9.17, 15) is 9.59 Å². The van der Waals surface area contributed by atoms with Crippen molar-refractivity contribution in [3.8, 4) is 0 Å². The number of alkyl carbamates (subject to hydrolysis) is 1. The predicted molar refractivity (Wildman–Crippen MR) is 76.3 cm³/mol. The molecule has 0 radical (unpaired) electrons. The van der Waals surface area contributed by atoms with Crippen LogP contribution in [0.15, 0.2) is 48.2 Å². The lowest BCUT2D eigenvalue weighted by Crippen LogP contribution is -2.37. The Hall–Kier alpha value is -2.52. The van der Waals surface area contributed by atoms with Gasteiger partial charge in [0.05, 0.1) is 19.1 Å². The fourth-order valence-electron chi connectivity index (χ4n) is 2.03. The smallest absolute Gasteiger partial charge is 0.407 e. The molecule has 0 aliphatic heterocycles. The van der Waals surface area contributed by atoms with Gasteiger partial charge in [-0.15, -0.1) is 5.73 Å². The van der Waals surface area contributed by atoms with Crippen molar-refractivity contribution in [1.82, 2.24) is 5.32 Å². The standard InChI is InChI=1S/C16H17NO4/c1-20-15(18)13-8-5-9-14(10-13)17-16(19)21-11-12-6-3-2-4-7-12/h2-4,6-9,13-14H,10-11H2,1H3,(H,17,19). The van der Waals surface area contributed by atoms with Gasteiger partial charge >= 0.3 is 12.1 Å². The van der Waals surface area contributed by atoms with E-state index in [0.717, 1.165) is 5.56 Å². The summed E-state index contributed by atoms with van der Waals surface area (Å²) in [5.41, 5.74) is 3.77. The second kappa shape index (κ2) is 7.31. The first kappa shape index (κ1) is 14.9. The number of hydrogen-bond donors (Lipinski definition) is 1. The second-order valence-corrected chi connectivity index (χ2v) is 4.68. The molecule has 0 saturated heterocycles. The van der Waals surface area contributed by atoms with Crippen molar-refractivity contribution in [3.63, 3.8) is 0 Å². The molecule has 21 heavy (non-hydrogen) atoms. The van der Waals surface area contributed by atoms with Crippen molar-refractivity contribution in [2.45, 2.75) is 19.1 Å². The summed E-state index contributed by atoms with van der Waals surface area (Å²) >= 11 is 0. The van der Waals surface area contributed by atoms with E-state index in [-0.39, 0.29) is 24.5 Å². The maximum Gasteiger partial charge on any atom is 0.407 e. The van der Waals surface area contributed by atoms with Gasteiger partial charge in [-0.2, -0.15) is 0 Å². The van der Waals surface area contributed by atoms with Gasteiger partial charge in [-0.05, 0) is 24.1 Å². The highest BCUT2D eigenvalue weighted by molar-refractivity contribution is 5.75. The molecule has 2 unspecified atom stereocenters. The molecule has 0 aromatic heterocycles. The van der Waals surface area contributed by atoms with Crippen molar-refractivity contribution >= 4 is 12.1 Å². The number of esters is 1. The number of benzene rings is 1. The molecule has 5 heteroatoms. The van der Waals surface area contributed by atoms with Crippen LogP contribution in [0.4, 0.5) is 4.79 Å². The van der Waals surface area contributed by atoms with Gasteiger partial charge in [-0.25, -0.2) is 4.79 Å². The Kier molecular flexibility index (Phi) is 5.18. The maximum atomic E-state index is 11.7. The first-order chi connectivity index (χ1) is 10.2. The van der Waals surface area contributed by atoms with Crippen LogP contribution in [0.5, 0.6) is 0 Å². The van der Waals surface area contributed by atoms with E-state index in [4.69, 9.17) is 4.74 Å². The van der Waals surface area contributed by atoms with Crippen LogP contribution in [0.25, 0.3) is 0 Å². The lowest BCUT2D eigenvalue weighted by Gasteiger charge is -2.20. The van der Waals surface area contributed by atoms with E-state index < -0.39 is 6.09 Å². The maximum absolute atomic E-state index is 11.7. The minimum absolute atomic E-state index is 0.208. The average molecular weight is 287 g/mol. The fourth-order valence-corrected chi connectivity index (χ4v) is 2.03. The second-order valence-electron chi connectivity index (χ2n) is 4.68. The predicted octanol–water partition coefficient (Wildman–Crippen LogP) is 2.19. The zero-order valence-corrected chi connectivity index (χ0v) is 11.7. The first-order valence-corrected chi connectivity index (χ1v) is 6.67. The fraction of sp³-hybridized carbons (Fsp3) is 0.312. The molecule has 2 atom stereocenters. The largest absolute Gasteiger partial charge is 0.469 e. The van der Waals surface area contributed by atoms with Crippen molar-refractivity contribution in [1.29, 1.82) is 0 Å². The molecule has 0 spiro atoms. The molecule has 0 saturated carbocycles. The summed E-state index contributed by atoms with van der Waals surface area (Å²) in [5.74, 6) is -0.723. The number of rotatable bonds is 4. The van der Waals surface area contributed by atoms with Crippen molar-refractivity contribution < 1.29 is 19.1 Å². The van der Waals surface area contributed by atoms with Gasteiger partial charge in [0.25, 0.3) is 0 Å². The first-order valence-electron chi connectivity index (χ1n) is 6.67. The van der Waals surface area contributed by atoms with E-state index in [2.05, 4.69) is 15.8 Å². The summed E-state index contributed by atoms with van der Waals surface area (Å²) in [7, 11) is 1.34. The van der Waals surface area contributed by atoms with Crippen LogP contribution in [0.2, 0.25) is 0 Å². The Bertz CT molecular complexity index is 561. The number of carbonyl (C=O) groups excluding carboxylic acids is 2. The molecule has 1 aromatic rings. The van der Waals surface area contributed by atoms with Crippen LogP contribution in [-0.2, 0) is 20.9 Å². The topological polar surface area (TPSA) is 64.6 Å². The summed E-state index contributed by atoms with van der Waals surface area (Å²) in [6.07, 6.45) is 3.26. The van der Waals surface area contributed by atoms with E-state index in [1.54, 1.807) is 12.2 Å². The number of nitrogens with one attached hydrogen (secondary N) is 1. The third-order valence-electron chi connectivity index (χ3n) is 3.12.